The SMILES string of the molecule is O=C(O)c1c(-c2ccccn2)noc1C=Cc1ccccc1. The minimum Gasteiger partial charge on any atom is -0.477 e. The van der Waals surface area contributed by atoms with Crippen LogP contribution in [0.1, 0.15) is 21.7 Å². The average molecular weight is 292 g/mol. The second-order valence-corrected chi connectivity index (χ2v) is 4.53. The molecule has 0 fully saturated rings. The van der Waals surface area contributed by atoms with Gasteiger partial charge in [-0.1, -0.05) is 47.6 Å². The highest BCUT2D eigenvalue weighted by Gasteiger charge is 2.22. The predicted octanol–water partition coefficient (Wildman–Crippen LogP) is 3.61. The summed E-state index contributed by atoms with van der Waals surface area (Å²) in [6.45, 7) is 0. The predicted molar refractivity (Wildman–Crippen MR) is 82.1 cm³/mol. The van der Waals surface area contributed by atoms with Crippen LogP contribution >= 0.6 is 0 Å². The maximum atomic E-state index is 11.5. The molecule has 0 radical (unpaired) electrons. The molecule has 1 N–H and O–H groups in total. The maximum absolute atomic E-state index is 11.5. The first-order valence-corrected chi connectivity index (χ1v) is 6.63. The quantitative estimate of drug-likeness (QED) is 0.795. The second-order valence-electron chi connectivity index (χ2n) is 4.53. The minimum absolute atomic E-state index is 0.00545. The third-order valence-corrected chi connectivity index (χ3v) is 3.07. The van der Waals surface area contributed by atoms with E-state index in [4.69, 9.17) is 4.52 Å². The third-order valence-electron chi connectivity index (χ3n) is 3.07. The Bertz CT molecular complexity index is 808. The van der Waals surface area contributed by atoms with Gasteiger partial charge in [0.05, 0.1) is 5.69 Å². The molecule has 0 bridgehead atoms. The number of carboxylic acid groups (broad SMARTS) is 1. The van der Waals surface area contributed by atoms with Crippen LogP contribution in [0.2, 0.25) is 0 Å². The van der Waals surface area contributed by atoms with Gasteiger partial charge in [0.25, 0.3) is 0 Å². The van der Waals surface area contributed by atoms with Gasteiger partial charge in [0.2, 0.25) is 0 Å². The zero-order valence-electron chi connectivity index (χ0n) is 11.5. The molecule has 2 heterocycles. The van der Waals surface area contributed by atoms with Crippen LogP contribution in [0.3, 0.4) is 0 Å². The number of hydrogen-bond acceptors (Lipinski definition) is 4. The number of aromatic carboxylic acids is 1. The lowest BCUT2D eigenvalue weighted by atomic mass is 10.1. The van der Waals surface area contributed by atoms with Gasteiger partial charge in [0, 0.05) is 6.20 Å². The summed E-state index contributed by atoms with van der Waals surface area (Å²) in [4.78, 5) is 15.6. The number of hydrogen-bond donors (Lipinski definition) is 1. The van der Waals surface area contributed by atoms with E-state index in [2.05, 4.69) is 10.1 Å². The number of rotatable bonds is 4. The van der Waals surface area contributed by atoms with Gasteiger partial charge in [-0.15, -0.1) is 0 Å². The van der Waals surface area contributed by atoms with Crippen LogP contribution in [0.4, 0.5) is 0 Å². The van der Waals surface area contributed by atoms with Crippen molar-refractivity contribution in [3.63, 3.8) is 0 Å². The molecule has 0 saturated heterocycles. The molecule has 0 aliphatic carbocycles. The first kappa shape index (κ1) is 13.8. The largest absolute Gasteiger partial charge is 0.477 e. The third kappa shape index (κ3) is 2.78. The molecule has 0 saturated carbocycles. The van der Waals surface area contributed by atoms with Gasteiger partial charge in [-0.3, -0.25) is 4.98 Å². The molecular weight excluding hydrogens is 280 g/mol. The minimum atomic E-state index is -1.10. The van der Waals surface area contributed by atoms with Crippen molar-refractivity contribution in [2.75, 3.05) is 0 Å². The van der Waals surface area contributed by atoms with Gasteiger partial charge in [-0.05, 0) is 23.8 Å². The summed E-state index contributed by atoms with van der Waals surface area (Å²) in [7, 11) is 0. The molecule has 1 aromatic carbocycles. The van der Waals surface area contributed by atoms with Crippen LogP contribution in [0.15, 0.2) is 59.3 Å². The summed E-state index contributed by atoms with van der Waals surface area (Å²) in [5.41, 5.74) is 1.63. The molecule has 0 spiro atoms. The van der Waals surface area contributed by atoms with Gasteiger partial charge in [-0.2, -0.15) is 0 Å². The smallest absolute Gasteiger partial charge is 0.342 e. The Labute approximate surface area is 126 Å². The number of carboxylic acids is 1. The molecule has 5 nitrogen and oxygen atoms in total. The topological polar surface area (TPSA) is 76.2 Å². The van der Waals surface area contributed by atoms with Crippen LogP contribution in [0.5, 0.6) is 0 Å². The first-order chi connectivity index (χ1) is 10.8. The van der Waals surface area contributed by atoms with Crippen molar-refractivity contribution >= 4 is 18.1 Å². The fraction of sp³-hybridized carbons (Fsp3) is 0. The number of aromatic nitrogens is 2. The highest BCUT2D eigenvalue weighted by molar-refractivity contribution is 5.98. The Morgan fingerprint density at radius 3 is 2.50 bits per heavy atom. The lowest BCUT2D eigenvalue weighted by Gasteiger charge is -1.96. The van der Waals surface area contributed by atoms with E-state index in [1.54, 1.807) is 36.5 Å². The monoisotopic (exact) mass is 292 g/mol. The van der Waals surface area contributed by atoms with Gasteiger partial charge in [-0.25, -0.2) is 4.79 Å². The Morgan fingerprint density at radius 1 is 1.05 bits per heavy atom. The molecule has 3 aromatic rings. The number of pyridine rings is 1. The lowest BCUT2D eigenvalue weighted by molar-refractivity contribution is 0.0696. The van der Waals surface area contributed by atoms with Crippen LogP contribution in [0, 0.1) is 0 Å². The van der Waals surface area contributed by atoms with Crippen molar-refractivity contribution in [1.82, 2.24) is 10.1 Å². The van der Waals surface area contributed by atoms with Crippen molar-refractivity contribution in [3.8, 4) is 11.4 Å². The summed E-state index contributed by atoms with van der Waals surface area (Å²) in [5, 5.41) is 13.3. The van der Waals surface area contributed by atoms with Crippen LogP contribution in [0.25, 0.3) is 23.5 Å². The molecule has 0 aliphatic heterocycles. The normalized spacial score (nSPS) is 10.9. The van der Waals surface area contributed by atoms with Crippen molar-refractivity contribution in [2.45, 2.75) is 0 Å². The molecule has 0 unspecified atom stereocenters. The molecule has 0 amide bonds. The highest BCUT2D eigenvalue weighted by atomic mass is 16.5. The Hall–Kier alpha value is -3.21. The van der Waals surface area contributed by atoms with E-state index in [0.717, 1.165) is 5.56 Å². The van der Waals surface area contributed by atoms with Crippen molar-refractivity contribution in [3.05, 3.63) is 71.6 Å². The van der Waals surface area contributed by atoms with Gasteiger partial charge in [0.15, 0.2) is 5.76 Å². The molecule has 3 rings (SSSR count). The van der Waals surface area contributed by atoms with Crippen molar-refractivity contribution in [1.29, 1.82) is 0 Å². The maximum Gasteiger partial charge on any atom is 0.342 e. The second kappa shape index (κ2) is 6.05. The number of carbonyl (C=O) groups is 1. The summed E-state index contributed by atoms with van der Waals surface area (Å²) >= 11 is 0. The molecule has 0 atom stereocenters. The summed E-state index contributed by atoms with van der Waals surface area (Å²) in [5.74, 6) is -0.911. The number of nitrogens with zero attached hydrogens (tertiary/aromatic N) is 2. The molecule has 5 heteroatoms. The van der Waals surface area contributed by atoms with E-state index in [0.29, 0.717) is 5.69 Å². The molecule has 0 aliphatic rings. The fourth-order valence-corrected chi connectivity index (χ4v) is 2.04. The lowest BCUT2D eigenvalue weighted by Crippen LogP contribution is -2.00. The van der Waals surface area contributed by atoms with Gasteiger partial charge >= 0.3 is 5.97 Å². The van der Waals surface area contributed by atoms with E-state index in [1.807, 2.05) is 30.3 Å². The first-order valence-electron chi connectivity index (χ1n) is 6.63. The summed E-state index contributed by atoms with van der Waals surface area (Å²) in [6.07, 6.45) is 4.95. The molecular formula is C17H12N2O3. The summed E-state index contributed by atoms with van der Waals surface area (Å²) in [6, 6.07) is 14.7. The summed E-state index contributed by atoms with van der Waals surface area (Å²) < 4.78 is 5.18. The van der Waals surface area contributed by atoms with E-state index < -0.39 is 5.97 Å². The van der Waals surface area contributed by atoms with Crippen LogP contribution in [-0.4, -0.2) is 21.2 Å². The molecule has 22 heavy (non-hydrogen) atoms. The highest BCUT2D eigenvalue weighted by Crippen LogP contribution is 2.25. The van der Waals surface area contributed by atoms with E-state index in [1.165, 1.54) is 0 Å². The van der Waals surface area contributed by atoms with E-state index in [9.17, 15) is 9.90 Å². The van der Waals surface area contributed by atoms with Crippen LogP contribution < -0.4 is 0 Å². The van der Waals surface area contributed by atoms with E-state index >= 15 is 0 Å². The van der Waals surface area contributed by atoms with Crippen molar-refractivity contribution < 1.29 is 14.4 Å². The van der Waals surface area contributed by atoms with E-state index in [-0.39, 0.29) is 17.0 Å². The zero-order chi connectivity index (χ0) is 15.4. The van der Waals surface area contributed by atoms with Gasteiger partial charge in [0.1, 0.15) is 11.3 Å². The molecule has 2 aromatic heterocycles. The number of benzene rings is 1. The Morgan fingerprint density at radius 2 is 1.82 bits per heavy atom. The van der Waals surface area contributed by atoms with Gasteiger partial charge < -0.3 is 9.63 Å². The standard InChI is InChI=1S/C17H12N2O3/c20-17(21)15-14(10-9-12-6-2-1-3-7-12)22-19-16(15)13-8-4-5-11-18-13/h1-11H,(H,20,21). The molecule has 108 valence electrons. The zero-order valence-corrected chi connectivity index (χ0v) is 11.5. The fourth-order valence-electron chi connectivity index (χ4n) is 2.04. The van der Waals surface area contributed by atoms with Crippen LogP contribution in [-0.2, 0) is 0 Å². The Balaban J connectivity index is 2.01. The van der Waals surface area contributed by atoms with Crippen molar-refractivity contribution in [2.24, 2.45) is 0 Å². The average Bonchev–Trinajstić information content (AvgIpc) is 2.99. The Kier molecular flexibility index (Phi) is 3.78.